The fourth-order valence-electron chi connectivity index (χ4n) is 3.40. The molecule has 0 radical (unpaired) electrons. The van der Waals surface area contributed by atoms with E-state index in [4.69, 9.17) is 9.52 Å². The average molecular weight is 541 g/mol. The Labute approximate surface area is 217 Å². The maximum absolute atomic E-state index is 13.4. The van der Waals surface area contributed by atoms with Crippen LogP contribution in [0.2, 0.25) is 0 Å². The van der Waals surface area contributed by atoms with Crippen LogP contribution in [0.1, 0.15) is 30.4 Å². The summed E-state index contributed by atoms with van der Waals surface area (Å²) in [7, 11) is -2.95. The molecule has 2 heterocycles. The summed E-state index contributed by atoms with van der Waals surface area (Å²) in [6.45, 7) is 5.22. The Morgan fingerprint density at radius 1 is 1.00 bits per heavy atom. The van der Waals surface area contributed by atoms with Crippen molar-refractivity contribution in [2.75, 3.05) is 16.9 Å². The fraction of sp³-hybridized carbons (Fsp3) is 0.192. The number of benzene rings is 2. The van der Waals surface area contributed by atoms with E-state index in [0.717, 1.165) is 16.9 Å². The number of pyridine rings is 1. The second-order valence-electron chi connectivity index (χ2n) is 9.36. The van der Waals surface area contributed by atoms with E-state index in [-0.39, 0.29) is 10.7 Å². The Bertz CT molecular complexity index is 1610. The SMILES string of the molecule is CC(C)(C)OC(=O)Nc1ccc(-c2ccc(F)cc2)cc1NC(=O)c1cc2ncc(S(C)(=N)=O)cc2s1. The number of carbonyl (C=O) groups excluding carboxylic acids is 2. The van der Waals surface area contributed by atoms with Gasteiger partial charge in [-0.25, -0.2) is 18.2 Å². The van der Waals surface area contributed by atoms with Crippen LogP contribution in [0.5, 0.6) is 0 Å². The van der Waals surface area contributed by atoms with Crippen molar-refractivity contribution in [3.05, 3.63) is 71.5 Å². The summed E-state index contributed by atoms with van der Waals surface area (Å²) in [6.07, 6.45) is 2.00. The van der Waals surface area contributed by atoms with E-state index in [1.165, 1.54) is 24.6 Å². The number of nitrogens with zero attached hydrogens (tertiary/aromatic N) is 1. The number of aromatic nitrogens is 1. The van der Waals surface area contributed by atoms with Gasteiger partial charge in [-0.2, -0.15) is 0 Å². The minimum atomic E-state index is -2.95. The highest BCUT2D eigenvalue weighted by molar-refractivity contribution is 7.91. The summed E-state index contributed by atoms with van der Waals surface area (Å²) in [5, 5.41) is 5.49. The first-order valence-electron chi connectivity index (χ1n) is 11.1. The van der Waals surface area contributed by atoms with Crippen LogP contribution < -0.4 is 10.6 Å². The fourth-order valence-corrected chi connectivity index (χ4v) is 5.02. The highest BCUT2D eigenvalue weighted by Gasteiger charge is 2.20. The molecule has 1 unspecified atom stereocenters. The molecule has 0 aliphatic heterocycles. The number of hydrogen-bond donors (Lipinski definition) is 3. The van der Waals surface area contributed by atoms with Crippen molar-refractivity contribution >= 4 is 54.7 Å². The third-order valence-corrected chi connectivity index (χ3v) is 7.29. The van der Waals surface area contributed by atoms with Crippen molar-refractivity contribution in [2.45, 2.75) is 31.3 Å². The van der Waals surface area contributed by atoms with Gasteiger partial charge in [0.15, 0.2) is 0 Å². The molecular weight excluding hydrogens is 515 g/mol. The van der Waals surface area contributed by atoms with Gasteiger partial charge >= 0.3 is 6.09 Å². The van der Waals surface area contributed by atoms with Crippen LogP contribution in [-0.4, -0.2) is 33.1 Å². The summed E-state index contributed by atoms with van der Waals surface area (Å²) in [5.41, 5.74) is 1.86. The van der Waals surface area contributed by atoms with Gasteiger partial charge in [-0.15, -0.1) is 11.3 Å². The molecule has 0 fully saturated rings. The van der Waals surface area contributed by atoms with Crippen LogP contribution in [0.4, 0.5) is 20.6 Å². The van der Waals surface area contributed by atoms with Crippen molar-refractivity contribution in [3.63, 3.8) is 0 Å². The zero-order chi connectivity index (χ0) is 27.0. The van der Waals surface area contributed by atoms with Gasteiger partial charge in [0, 0.05) is 12.5 Å². The van der Waals surface area contributed by atoms with Crippen LogP contribution in [0.15, 0.2) is 65.7 Å². The normalized spacial score (nSPS) is 13.1. The number of hydrogen-bond acceptors (Lipinski definition) is 7. The molecule has 2 amide bonds. The maximum Gasteiger partial charge on any atom is 0.412 e. The summed E-state index contributed by atoms with van der Waals surface area (Å²) in [5.74, 6) is -0.817. The maximum atomic E-state index is 13.4. The predicted molar refractivity (Wildman–Crippen MR) is 144 cm³/mol. The number of amides is 2. The second-order valence-corrected chi connectivity index (χ2v) is 12.6. The van der Waals surface area contributed by atoms with Gasteiger partial charge in [-0.1, -0.05) is 18.2 Å². The number of rotatable bonds is 5. The molecule has 0 saturated carbocycles. The molecule has 2 aromatic carbocycles. The molecule has 0 aliphatic rings. The number of ether oxygens (including phenoxy) is 1. The topological polar surface area (TPSA) is 121 Å². The van der Waals surface area contributed by atoms with Gasteiger partial charge in [0.25, 0.3) is 5.91 Å². The van der Waals surface area contributed by atoms with Crippen molar-refractivity contribution < 1.29 is 22.9 Å². The third kappa shape index (κ3) is 6.49. The van der Waals surface area contributed by atoms with E-state index in [1.54, 1.807) is 63.2 Å². The summed E-state index contributed by atoms with van der Waals surface area (Å²) in [4.78, 5) is 30.5. The number of carbonyl (C=O) groups is 2. The van der Waals surface area contributed by atoms with Crippen molar-refractivity contribution in [3.8, 4) is 11.1 Å². The van der Waals surface area contributed by atoms with Crippen LogP contribution in [0.3, 0.4) is 0 Å². The Morgan fingerprint density at radius 2 is 1.68 bits per heavy atom. The molecule has 8 nitrogen and oxygen atoms in total. The molecular formula is C26H25FN4O4S2. The molecule has 11 heteroatoms. The number of halogens is 1. The van der Waals surface area contributed by atoms with Gasteiger partial charge in [0.1, 0.15) is 11.4 Å². The Kier molecular flexibility index (Phi) is 7.03. The van der Waals surface area contributed by atoms with Crippen LogP contribution >= 0.6 is 11.3 Å². The lowest BCUT2D eigenvalue weighted by molar-refractivity contribution is 0.0635. The van der Waals surface area contributed by atoms with E-state index in [2.05, 4.69) is 15.6 Å². The van der Waals surface area contributed by atoms with Crippen LogP contribution in [0.25, 0.3) is 21.3 Å². The van der Waals surface area contributed by atoms with E-state index < -0.39 is 27.3 Å². The van der Waals surface area contributed by atoms with Crippen LogP contribution in [-0.2, 0) is 14.5 Å². The molecule has 192 valence electrons. The van der Waals surface area contributed by atoms with Crippen LogP contribution in [0, 0.1) is 10.6 Å². The van der Waals surface area contributed by atoms with Crippen molar-refractivity contribution in [1.29, 1.82) is 4.78 Å². The predicted octanol–water partition coefficient (Wildman–Crippen LogP) is 6.74. The number of fused-ring (bicyclic) bond motifs is 1. The molecule has 0 aliphatic carbocycles. The number of anilines is 2. The zero-order valence-corrected chi connectivity index (χ0v) is 22.2. The van der Waals surface area contributed by atoms with Gasteiger partial charge in [-0.3, -0.25) is 15.1 Å². The molecule has 3 N–H and O–H groups in total. The lowest BCUT2D eigenvalue weighted by Crippen LogP contribution is -2.27. The van der Waals surface area contributed by atoms with E-state index >= 15 is 0 Å². The highest BCUT2D eigenvalue weighted by atomic mass is 32.2. The quantitative estimate of drug-likeness (QED) is 0.259. The standard InChI is InChI=1S/C26H25FN4O4S2/c1-26(2,3)35-25(33)31-19-10-7-16(15-5-8-17(27)9-6-15)11-20(19)30-24(32)23-13-21-22(36-23)12-18(14-29-21)37(4,28)34/h5-14,28H,1-4H3,(H,30,32)(H,31,33). The molecule has 0 bridgehead atoms. The number of nitrogens with one attached hydrogen (secondary N) is 3. The first kappa shape index (κ1) is 26.2. The lowest BCUT2D eigenvalue weighted by Gasteiger charge is -2.21. The Balaban J connectivity index is 1.68. The highest BCUT2D eigenvalue weighted by Crippen LogP contribution is 2.32. The largest absolute Gasteiger partial charge is 0.444 e. The molecule has 2 aromatic heterocycles. The summed E-state index contributed by atoms with van der Waals surface area (Å²) in [6, 6.07) is 14.2. The molecule has 4 rings (SSSR count). The van der Waals surface area contributed by atoms with Gasteiger partial charge in [0.05, 0.1) is 41.1 Å². The third-order valence-electron chi connectivity index (χ3n) is 5.10. The second kappa shape index (κ2) is 9.91. The van der Waals surface area contributed by atoms with Crippen molar-refractivity contribution in [1.82, 2.24) is 4.98 Å². The smallest absolute Gasteiger partial charge is 0.412 e. The lowest BCUT2D eigenvalue weighted by atomic mass is 10.0. The minimum Gasteiger partial charge on any atom is -0.444 e. The van der Waals surface area contributed by atoms with E-state index in [1.807, 2.05) is 0 Å². The first-order valence-corrected chi connectivity index (χ1v) is 13.9. The Hall–Kier alpha value is -3.83. The summed E-state index contributed by atoms with van der Waals surface area (Å²) >= 11 is 1.15. The molecule has 0 saturated heterocycles. The zero-order valence-electron chi connectivity index (χ0n) is 20.5. The van der Waals surface area contributed by atoms with Crippen molar-refractivity contribution in [2.24, 2.45) is 0 Å². The molecule has 0 spiro atoms. The van der Waals surface area contributed by atoms with E-state index in [9.17, 15) is 18.2 Å². The summed E-state index contributed by atoms with van der Waals surface area (Å²) < 4.78 is 39.2. The minimum absolute atomic E-state index is 0.282. The Morgan fingerprint density at radius 3 is 2.32 bits per heavy atom. The average Bonchev–Trinajstić information content (AvgIpc) is 3.23. The first-order chi connectivity index (χ1) is 17.3. The monoisotopic (exact) mass is 540 g/mol. The molecule has 1 atom stereocenters. The van der Waals surface area contributed by atoms with Gasteiger partial charge in [0.2, 0.25) is 0 Å². The molecule has 4 aromatic rings. The van der Waals surface area contributed by atoms with Gasteiger partial charge < -0.3 is 10.1 Å². The van der Waals surface area contributed by atoms with Gasteiger partial charge in [-0.05, 0) is 68.3 Å². The number of thiophene rings is 1. The molecule has 37 heavy (non-hydrogen) atoms. The van der Waals surface area contributed by atoms with E-state index in [0.29, 0.717) is 32.0 Å².